The van der Waals surface area contributed by atoms with Crippen LogP contribution in [-0.2, 0) is 4.79 Å². The zero-order valence-electron chi connectivity index (χ0n) is 10.9. The molecule has 2 heterocycles. The molecule has 1 amide bonds. The van der Waals surface area contributed by atoms with Gasteiger partial charge < -0.3 is 15.1 Å². The Hall–Kier alpha value is -2.56. The van der Waals surface area contributed by atoms with Gasteiger partial charge in [0.05, 0.1) is 12.2 Å². The topological polar surface area (TPSA) is 67.2 Å². The minimum Gasteiger partial charge on any atom is -0.444 e. The highest BCUT2D eigenvalue weighted by Gasteiger charge is 2.21. The summed E-state index contributed by atoms with van der Waals surface area (Å²) >= 11 is 0. The van der Waals surface area contributed by atoms with Gasteiger partial charge in [0.1, 0.15) is 0 Å². The minimum absolute atomic E-state index is 0.0310. The van der Waals surface area contributed by atoms with Crippen molar-refractivity contribution < 1.29 is 9.21 Å². The highest BCUT2D eigenvalue weighted by Crippen LogP contribution is 2.24. The van der Waals surface area contributed by atoms with Gasteiger partial charge >= 0.3 is 0 Å². The number of benzene rings is 1. The lowest BCUT2D eigenvalue weighted by atomic mass is 10.0. The molecule has 1 aromatic heterocycles. The Kier molecular flexibility index (Phi) is 3.25. The molecule has 20 heavy (non-hydrogen) atoms. The first-order valence-electron chi connectivity index (χ1n) is 6.46. The summed E-state index contributed by atoms with van der Waals surface area (Å²) in [5.41, 5.74) is 2.63. The Morgan fingerprint density at radius 3 is 3.10 bits per heavy atom. The van der Waals surface area contributed by atoms with Crippen LogP contribution < -0.4 is 10.6 Å². The highest BCUT2D eigenvalue weighted by atomic mass is 16.3. The first-order valence-corrected chi connectivity index (χ1v) is 6.46. The van der Waals surface area contributed by atoms with Gasteiger partial charge in [-0.2, -0.15) is 0 Å². The molecule has 1 aliphatic heterocycles. The molecular weight excluding hydrogens is 254 g/mol. The molecule has 5 heteroatoms. The maximum absolute atomic E-state index is 11.3. The molecule has 102 valence electrons. The third-order valence-electron chi connectivity index (χ3n) is 3.30. The van der Waals surface area contributed by atoms with Crippen molar-refractivity contribution >= 4 is 11.6 Å². The van der Waals surface area contributed by atoms with E-state index >= 15 is 0 Å². The molecule has 1 fully saturated rings. The Morgan fingerprint density at radius 1 is 1.45 bits per heavy atom. The molecule has 2 aromatic rings. The number of hydrogen-bond acceptors (Lipinski definition) is 4. The Morgan fingerprint density at radius 2 is 2.35 bits per heavy atom. The number of nitrogens with zero attached hydrogens (tertiary/aromatic N) is 1. The molecule has 1 saturated heterocycles. The van der Waals surface area contributed by atoms with Crippen LogP contribution in [0.1, 0.15) is 12.8 Å². The number of oxazole rings is 1. The van der Waals surface area contributed by atoms with Gasteiger partial charge in [-0.05, 0) is 18.6 Å². The maximum atomic E-state index is 11.3. The normalized spacial score (nSPS) is 18.7. The largest absolute Gasteiger partial charge is 0.444 e. The van der Waals surface area contributed by atoms with Crippen LogP contribution in [0.15, 0.2) is 53.5 Å². The van der Waals surface area contributed by atoms with Gasteiger partial charge in [0, 0.05) is 23.4 Å². The maximum Gasteiger partial charge on any atom is 0.224 e. The van der Waals surface area contributed by atoms with Crippen molar-refractivity contribution in [1.82, 2.24) is 10.3 Å². The third-order valence-corrected chi connectivity index (χ3v) is 3.30. The second kappa shape index (κ2) is 5.21. The molecule has 0 saturated carbocycles. The van der Waals surface area contributed by atoms with Crippen molar-refractivity contribution in [3.8, 4) is 11.3 Å². The van der Waals surface area contributed by atoms with Gasteiger partial charge in [0.25, 0.3) is 0 Å². The average Bonchev–Trinajstić information content (AvgIpc) is 2.96. The summed E-state index contributed by atoms with van der Waals surface area (Å²) in [5.74, 6) is 0.757. The van der Waals surface area contributed by atoms with E-state index in [4.69, 9.17) is 4.42 Å². The molecule has 1 atom stereocenters. The summed E-state index contributed by atoms with van der Waals surface area (Å²) in [7, 11) is 0. The molecule has 5 nitrogen and oxygen atoms in total. The van der Waals surface area contributed by atoms with E-state index in [2.05, 4.69) is 22.2 Å². The van der Waals surface area contributed by atoms with E-state index in [0.717, 1.165) is 23.4 Å². The van der Waals surface area contributed by atoms with Gasteiger partial charge in [0.15, 0.2) is 12.2 Å². The number of hydrogen-bond donors (Lipinski definition) is 2. The fourth-order valence-electron chi connectivity index (χ4n) is 2.26. The second-order valence-electron chi connectivity index (χ2n) is 4.76. The molecule has 1 unspecified atom stereocenters. The number of nitrogens with one attached hydrogen (secondary N) is 2. The van der Waals surface area contributed by atoms with Crippen LogP contribution in [0.4, 0.5) is 5.69 Å². The first kappa shape index (κ1) is 12.5. The molecule has 0 spiro atoms. The number of carbonyl (C=O) groups excluding carboxylic acids is 1. The SMILES string of the molecule is C=C1NC(=O)CCC1Nc1cccc(-c2cnco2)c1. The van der Waals surface area contributed by atoms with Gasteiger partial charge in [-0.3, -0.25) is 4.79 Å². The van der Waals surface area contributed by atoms with Crippen LogP contribution in [0.3, 0.4) is 0 Å². The number of piperidine rings is 1. The van der Waals surface area contributed by atoms with Crippen molar-refractivity contribution in [1.29, 1.82) is 0 Å². The van der Waals surface area contributed by atoms with Crippen molar-refractivity contribution in [2.24, 2.45) is 0 Å². The van der Waals surface area contributed by atoms with E-state index in [1.54, 1.807) is 6.20 Å². The van der Waals surface area contributed by atoms with Gasteiger partial charge in [0.2, 0.25) is 5.91 Å². The number of carbonyl (C=O) groups is 1. The van der Waals surface area contributed by atoms with Gasteiger partial charge in [-0.25, -0.2) is 4.98 Å². The molecule has 0 aliphatic carbocycles. The molecular formula is C15H15N3O2. The number of aromatic nitrogens is 1. The zero-order valence-corrected chi connectivity index (χ0v) is 10.9. The molecule has 0 bridgehead atoms. The summed E-state index contributed by atoms with van der Waals surface area (Å²) < 4.78 is 5.29. The summed E-state index contributed by atoms with van der Waals surface area (Å²) in [5, 5.41) is 6.14. The lowest BCUT2D eigenvalue weighted by Crippen LogP contribution is -2.39. The van der Waals surface area contributed by atoms with Crippen LogP contribution in [0, 0.1) is 0 Å². The van der Waals surface area contributed by atoms with Crippen LogP contribution >= 0.6 is 0 Å². The molecule has 1 aromatic carbocycles. The Balaban J connectivity index is 1.76. The van der Waals surface area contributed by atoms with Crippen molar-refractivity contribution in [2.45, 2.75) is 18.9 Å². The third kappa shape index (κ3) is 2.56. The van der Waals surface area contributed by atoms with Crippen LogP contribution in [-0.4, -0.2) is 16.9 Å². The minimum atomic E-state index is 0.0310. The lowest BCUT2D eigenvalue weighted by Gasteiger charge is -2.26. The molecule has 3 rings (SSSR count). The van der Waals surface area contributed by atoms with E-state index < -0.39 is 0 Å². The smallest absolute Gasteiger partial charge is 0.224 e. The monoisotopic (exact) mass is 269 g/mol. The zero-order chi connectivity index (χ0) is 13.9. The number of amides is 1. The summed E-state index contributed by atoms with van der Waals surface area (Å²) in [6.45, 7) is 3.89. The van der Waals surface area contributed by atoms with Gasteiger partial charge in [-0.15, -0.1) is 0 Å². The predicted molar refractivity (Wildman–Crippen MR) is 75.9 cm³/mol. The lowest BCUT2D eigenvalue weighted by molar-refractivity contribution is -0.121. The van der Waals surface area contributed by atoms with Crippen LogP contribution in [0.2, 0.25) is 0 Å². The van der Waals surface area contributed by atoms with E-state index in [1.807, 2.05) is 24.3 Å². The van der Waals surface area contributed by atoms with Crippen LogP contribution in [0.25, 0.3) is 11.3 Å². The quantitative estimate of drug-likeness (QED) is 0.898. The summed E-state index contributed by atoms with van der Waals surface area (Å²) in [6.07, 6.45) is 4.35. The molecule has 2 N–H and O–H groups in total. The fourth-order valence-corrected chi connectivity index (χ4v) is 2.26. The average molecular weight is 269 g/mol. The van der Waals surface area contributed by atoms with E-state index in [1.165, 1.54) is 6.39 Å². The van der Waals surface area contributed by atoms with E-state index in [-0.39, 0.29) is 11.9 Å². The van der Waals surface area contributed by atoms with Crippen LogP contribution in [0.5, 0.6) is 0 Å². The van der Waals surface area contributed by atoms with Crippen molar-refractivity contribution in [2.75, 3.05) is 5.32 Å². The number of rotatable bonds is 3. The Labute approximate surface area is 116 Å². The predicted octanol–water partition coefficient (Wildman–Crippen LogP) is 2.55. The van der Waals surface area contributed by atoms with E-state index in [0.29, 0.717) is 12.1 Å². The fraction of sp³-hybridized carbons (Fsp3) is 0.200. The summed E-state index contributed by atoms with van der Waals surface area (Å²) in [4.78, 5) is 15.2. The summed E-state index contributed by atoms with van der Waals surface area (Å²) in [6, 6.07) is 7.93. The Bertz CT molecular complexity index is 634. The second-order valence-corrected chi connectivity index (χ2v) is 4.76. The first-order chi connectivity index (χ1) is 9.72. The standard InChI is InChI=1S/C15H15N3O2/c1-10-13(5-6-15(19)17-10)18-12-4-2-3-11(7-12)14-8-16-9-20-14/h2-4,7-9,13,18H,1,5-6H2,(H,17,19). The highest BCUT2D eigenvalue weighted by molar-refractivity contribution is 5.79. The number of anilines is 1. The molecule has 0 radical (unpaired) electrons. The molecule has 1 aliphatic rings. The van der Waals surface area contributed by atoms with Crippen molar-refractivity contribution in [3.05, 3.63) is 49.1 Å². The van der Waals surface area contributed by atoms with Crippen molar-refractivity contribution in [3.63, 3.8) is 0 Å². The van der Waals surface area contributed by atoms with E-state index in [9.17, 15) is 4.79 Å². The van der Waals surface area contributed by atoms with Gasteiger partial charge in [-0.1, -0.05) is 18.7 Å².